The summed E-state index contributed by atoms with van der Waals surface area (Å²) in [5.74, 6) is -0.138. The van der Waals surface area contributed by atoms with Crippen LogP contribution in [0.2, 0.25) is 0 Å². The molecule has 0 spiro atoms. The van der Waals surface area contributed by atoms with Crippen LogP contribution < -0.4 is 11.5 Å². The van der Waals surface area contributed by atoms with Gasteiger partial charge in [0, 0.05) is 0 Å². The van der Waals surface area contributed by atoms with Gasteiger partial charge in [0.05, 0.1) is 13.2 Å². The Labute approximate surface area is 94.8 Å². The number of halogens is 1. The number of nitrogens with zero attached hydrogens (tertiary/aromatic N) is 1. The number of hydrogen-bond donors (Lipinski definition) is 3. The van der Waals surface area contributed by atoms with Crippen LogP contribution in [0.1, 0.15) is 12.5 Å². The molecule has 0 atom stereocenters. The third-order valence-electron chi connectivity index (χ3n) is 1.72. The average molecular weight is 227 g/mol. The number of guanidine groups is 1. The van der Waals surface area contributed by atoms with Gasteiger partial charge in [-0.3, -0.25) is 4.99 Å². The summed E-state index contributed by atoms with van der Waals surface area (Å²) in [7, 11) is 0. The topological polar surface area (TPSA) is 84.6 Å². The maximum Gasteiger partial charge on any atom is 0.185 e. The summed E-state index contributed by atoms with van der Waals surface area (Å²) in [5.41, 5.74) is 11.0. The van der Waals surface area contributed by atoms with E-state index >= 15 is 0 Å². The van der Waals surface area contributed by atoms with E-state index in [0.717, 1.165) is 6.42 Å². The second-order valence-electron chi connectivity index (χ2n) is 3.01. The molecule has 5 N–H and O–H groups in total. The standard InChI is InChI=1S/C8H9F.C3H9N3O/c1-2-7-3-5-8(9)6-4-7;4-3(5)6-1-2-7/h3-6H,2H2,1H3;7H,1-2H2,(H4,4,5,6). The van der Waals surface area contributed by atoms with Crippen molar-refractivity contribution in [1.29, 1.82) is 0 Å². The molecule has 0 unspecified atom stereocenters. The van der Waals surface area contributed by atoms with Crippen molar-refractivity contribution < 1.29 is 9.50 Å². The lowest BCUT2D eigenvalue weighted by Gasteiger charge is -1.92. The van der Waals surface area contributed by atoms with Crippen LogP contribution in [-0.2, 0) is 6.42 Å². The molecule has 0 amide bonds. The van der Waals surface area contributed by atoms with Crippen molar-refractivity contribution in [2.24, 2.45) is 16.5 Å². The van der Waals surface area contributed by atoms with Gasteiger partial charge in [0.1, 0.15) is 5.82 Å². The first-order valence-electron chi connectivity index (χ1n) is 5.00. The summed E-state index contributed by atoms with van der Waals surface area (Å²) in [4.78, 5) is 3.47. The lowest BCUT2D eigenvalue weighted by molar-refractivity contribution is 0.307. The molecular weight excluding hydrogens is 209 g/mol. The Balaban J connectivity index is 0.000000293. The maximum atomic E-state index is 12.2. The number of aliphatic hydroxyl groups is 1. The fourth-order valence-electron chi connectivity index (χ4n) is 0.899. The molecule has 16 heavy (non-hydrogen) atoms. The minimum Gasteiger partial charge on any atom is -0.394 e. The number of nitrogens with two attached hydrogens (primary N) is 2. The van der Waals surface area contributed by atoms with Crippen LogP contribution in [0.3, 0.4) is 0 Å². The van der Waals surface area contributed by atoms with Crippen LogP contribution in [0, 0.1) is 5.82 Å². The van der Waals surface area contributed by atoms with E-state index < -0.39 is 0 Å². The molecule has 0 fully saturated rings. The minimum atomic E-state index is -0.160. The number of aliphatic hydroxyl groups excluding tert-OH is 1. The predicted octanol–water partition coefficient (Wildman–Crippen LogP) is 0.640. The first-order valence-corrected chi connectivity index (χ1v) is 5.00. The molecule has 5 heteroatoms. The normalized spacial score (nSPS) is 8.94. The molecule has 0 saturated carbocycles. The highest BCUT2D eigenvalue weighted by atomic mass is 19.1. The summed E-state index contributed by atoms with van der Waals surface area (Å²) in [6.45, 7) is 2.34. The SMILES string of the molecule is CCc1ccc(F)cc1.NC(N)=NCCO. The van der Waals surface area contributed by atoms with E-state index in [1.165, 1.54) is 17.7 Å². The third-order valence-corrected chi connectivity index (χ3v) is 1.72. The first-order chi connectivity index (χ1) is 7.60. The zero-order valence-electron chi connectivity index (χ0n) is 9.36. The minimum absolute atomic E-state index is 0.00208. The maximum absolute atomic E-state index is 12.2. The highest BCUT2D eigenvalue weighted by Crippen LogP contribution is 2.01. The summed E-state index contributed by atoms with van der Waals surface area (Å²) in [6, 6.07) is 6.57. The first kappa shape index (κ1) is 14.4. The monoisotopic (exact) mass is 227 g/mol. The van der Waals surface area contributed by atoms with Gasteiger partial charge in [0.2, 0.25) is 0 Å². The van der Waals surface area contributed by atoms with Crippen LogP contribution in [0.5, 0.6) is 0 Å². The van der Waals surface area contributed by atoms with E-state index in [-0.39, 0.29) is 18.4 Å². The van der Waals surface area contributed by atoms with Crippen molar-refractivity contribution in [2.45, 2.75) is 13.3 Å². The second-order valence-corrected chi connectivity index (χ2v) is 3.01. The van der Waals surface area contributed by atoms with Crippen molar-refractivity contribution in [3.63, 3.8) is 0 Å². The molecule has 90 valence electrons. The molecule has 0 radical (unpaired) electrons. The van der Waals surface area contributed by atoms with Crippen LogP contribution in [0.15, 0.2) is 29.3 Å². The number of hydrogen-bond acceptors (Lipinski definition) is 2. The van der Waals surface area contributed by atoms with Gasteiger partial charge in [-0.2, -0.15) is 0 Å². The van der Waals surface area contributed by atoms with Crippen molar-refractivity contribution in [3.05, 3.63) is 35.6 Å². The van der Waals surface area contributed by atoms with Gasteiger partial charge in [-0.05, 0) is 24.1 Å². The zero-order valence-corrected chi connectivity index (χ0v) is 9.36. The van der Waals surface area contributed by atoms with Crippen molar-refractivity contribution >= 4 is 5.96 Å². The molecule has 0 bridgehead atoms. The summed E-state index contributed by atoms with van der Waals surface area (Å²) in [5, 5.41) is 8.10. The molecule has 1 aromatic rings. The molecule has 1 rings (SSSR count). The van der Waals surface area contributed by atoms with Gasteiger partial charge >= 0.3 is 0 Å². The molecule has 0 saturated heterocycles. The molecule has 0 aliphatic rings. The van der Waals surface area contributed by atoms with Crippen molar-refractivity contribution in [1.82, 2.24) is 0 Å². The smallest absolute Gasteiger partial charge is 0.185 e. The van der Waals surface area contributed by atoms with E-state index in [2.05, 4.69) is 4.99 Å². The summed E-state index contributed by atoms with van der Waals surface area (Å²) >= 11 is 0. The quantitative estimate of drug-likeness (QED) is 0.523. The summed E-state index contributed by atoms with van der Waals surface area (Å²) < 4.78 is 12.2. The predicted molar refractivity (Wildman–Crippen MR) is 63.5 cm³/mol. The Hall–Kier alpha value is -1.62. The highest BCUT2D eigenvalue weighted by Gasteiger charge is 1.87. The molecular formula is C11H18FN3O. The second kappa shape index (κ2) is 8.67. The summed E-state index contributed by atoms with van der Waals surface area (Å²) in [6.07, 6.45) is 0.972. The van der Waals surface area contributed by atoms with Crippen LogP contribution in [-0.4, -0.2) is 24.2 Å². The van der Waals surface area contributed by atoms with E-state index in [1.807, 2.05) is 6.92 Å². The Bertz CT molecular complexity index is 308. The van der Waals surface area contributed by atoms with E-state index in [4.69, 9.17) is 16.6 Å². The van der Waals surface area contributed by atoms with Gasteiger partial charge in [0.25, 0.3) is 0 Å². The highest BCUT2D eigenvalue weighted by molar-refractivity contribution is 5.75. The lowest BCUT2D eigenvalue weighted by Crippen LogP contribution is -2.23. The average Bonchev–Trinajstić information content (AvgIpc) is 2.28. The molecule has 1 aromatic carbocycles. The molecule has 4 nitrogen and oxygen atoms in total. The largest absolute Gasteiger partial charge is 0.394 e. The fraction of sp³-hybridized carbons (Fsp3) is 0.364. The number of benzene rings is 1. The van der Waals surface area contributed by atoms with Gasteiger partial charge in [0.15, 0.2) is 5.96 Å². The van der Waals surface area contributed by atoms with Gasteiger partial charge in [-0.15, -0.1) is 0 Å². The van der Waals surface area contributed by atoms with Gasteiger partial charge in [-0.1, -0.05) is 19.1 Å². The molecule has 0 aliphatic carbocycles. The molecule has 0 heterocycles. The number of aliphatic imine (C=N–C) groups is 1. The van der Waals surface area contributed by atoms with E-state index in [0.29, 0.717) is 6.54 Å². The van der Waals surface area contributed by atoms with Gasteiger partial charge < -0.3 is 16.6 Å². The van der Waals surface area contributed by atoms with Gasteiger partial charge in [-0.25, -0.2) is 4.39 Å². The number of rotatable bonds is 3. The molecule has 0 aliphatic heterocycles. The number of aryl methyl sites for hydroxylation is 1. The lowest BCUT2D eigenvalue weighted by atomic mass is 10.2. The zero-order chi connectivity index (χ0) is 12.4. The Morgan fingerprint density at radius 1 is 1.31 bits per heavy atom. The fourth-order valence-corrected chi connectivity index (χ4v) is 0.899. The Kier molecular flexibility index (Phi) is 7.79. The molecule has 0 aromatic heterocycles. The van der Waals surface area contributed by atoms with E-state index in [9.17, 15) is 4.39 Å². The van der Waals surface area contributed by atoms with Crippen LogP contribution in [0.25, 0.3) is 0 Å². The van der Waals surface area contributed by atoms with Crippen molar-refractivity contribution in [3.8, 4) is 0 Å². The Morgan fingerprint density at radius 3 is 2.19 bits per heavy atom. The third kappa shape index (κ3) is 7.75. The van der Waals surface area contributed by atoms with Crippen LogP contribution >= 0.6 is 0 Å². The van der Waals surface area contributed by atoms with E-state index in [1.54, 1.807) is 12.1 Å². The van der Waals surface area contributed by atoms with Crippen molar-refractivity contribution in [2.75, 3.05) is 13.2 Å². The van der Waals surface area contributed by atoms with Crippen LogP contribution in [0.4, 0.5) is 4.39 Å². The Morgan fingerprint density at radius 2 is 1.88 bits per heavy atom.